The predicted molar refractivity (Wildman–Crippen MR) is 67.3 cm³/mol. The summed E-state index contributed by atoms with van der Waals surface area (Å²) in [5.74, 6) is 0.749. The minimum Gasteiger partial charge on any atom is -0.399 e. The summed E-state index contributed by atoms with van der Waals surface area (Å²) in [6, 6.07) is 7.79. The van der Waals surface area contributed by atoms with Crippen LogP contribution in [0.1, 0.15) is 25.8 Å². The van der Waals surface area contributed by atoms with Crippen molar-refractivity contribution in [1.82, 2.24) is 0 Å². The summed E-state index contributed by atoms with van der Waals surface area (Å²) >= 11 is 0. The van der Waals surface area contributed by atoms with E-state index in [2.05, 4.69) is 6.92 Å². The molecule has 0 aromatic heterocycles. The number of anilines is 1. The van der Waals surface area contributed by atoms with E-state index in [1.165, 1.54) is 5.56 Å². The zero-order valence-electron chi connectivity index (χ0n) is 9.40. The van der Waals surface area contributed by atoms with Gasteiger partial charge in [-0.25, -0.2) is 0 Å². The average Bonchev–Trinajstić information content (AvgIpc) is 2.26. The maximum Gasteiger partial charge on any atom is 0.0317 e. The Balaban J connectivity index is 2.43. The van der Waals surface area contributed by atoms with Crippen LogP contribution in [0.25, 0.3) is 0 Å². The molecule has 2 atom stereocenters. The SMILES string of the molecule is CCC(C)S(=O)CCc1ccc(N)cc1. The second-order valence-corrected chi connectivity index (χ2v) is 5.77. The highest BCUT2D eigenvalue weighted by atomic mass is 32.2. The van der Waals surface area contributed by atoms with E-state index in [9.17, 15) is 4.21 Å². The molecule has 84 valence electrons. The maximum atomic E-state index is 11.7. The number of benzene rings is 1. The van der Waals surface area contributed by atoms with Crippen LogP contribution in [0.4, 0.5) is 5.69 Å². The molecule has 15 heavy (non-hydrogen) atoms. The number of hydrogen-bond donors (Lipinski definition) is 1. The van der Waals surface area contributed by atoms with Crippen LogP contribution in [0.5, 0.6) is 0 Å². The lowest BCUT2D eigenvalue weighted by Crippen LogP contribution is -2.14. The summed E-state index contributed by atoms with van der Waals surface area (Å²) in [4.78, 5) is 0. The standard InChI is InChI=1S/C12H19NOS/c1-3-10(2)15(14)9-8-11-4-6-12(13)7-5-11/h4-7,10H,3,8-9,13H2,1-2H3. The fourth-order valence-electron chi connectivity index (χ4n) is 1.29. The first-order chi connectivity index (χ1) is 7.13. The zero-order valence-corrected chi connectivity index (χ0v) is 10.2. The van der Waals surface area contributed by atoms with Gasteiger partial charge in [-0.2, -0.15) is 0 Å². The molecule has 0 bridgehead atoms. The highest BCUT2D eigenvalue weighted by molar-refractivity contribution is 7.85. The van der Waals surface area contributed by atoms with Crippen molar-refractivity contribution >= 4 is 16.5 Å². The number of rotatable bonds is 5. The van der Waals surface area contributed by atoms with Gasteiger partial charge >= 0.3 is 0 Å². The lowest BCUT2D eigenvalue weighted by molar-refractivity contribution is 0.669. The van der Waals surface area contributed by atoms with Gasteiger partial charge in [0.2, 0.25) is 0 Å². The molecule has 0 amide bonds. The molecular formula is C12H19NOS. The van der Waals surface area contributed by atoms with Gasteiger partial charge in [-0.15, -0.1) is 0 Å². The van der Waals surface area contributed by atoms with Crippen molar-refractivity contribution in [3.63, 3.8) is 0 Å². The minimum absolute atomic E-state index is 0.304. The summed E-state index contributed by atoms with van der Waals surface area (Å²) < 4.78 is 11.7. The number of nitrogen functional groups attached to an aromatic ring is 1. The predicted octanol–water partition coefficient (Wildman–Crippen LogP) is 2.36. The Kier molecular flexibility index (Phi) is 4.82. The van der Waals surface area contributed by atoms with Gasteiger partial charge < -0.3 is 5.73 Å². The van der Waals surface area contributed by atoms with E-state index in [1.54, 1.807) is 0 Å². The van der Waals surface area contributed by atoms with Gasteiger partial charge in [-0.05, 0) is 30.5 Å². The molecule has 1 rings (SSSR count). The number of nitrogens with two attached hydrogens (primary N) is 1. The molecule has 0 saturated heterocycles. The largest absolute Gasteiger partial charge is 0.399 e. The molecular weight excluding hydrogens is 206 g/mol. The van der Waals surface area contributed by atoms with Crippen molar-refractivity contribution in [2.75, 3.05) is 11.5 Å². The molecule has 3 heteroatoms. The van der Waals surface area contributed by atoms with Gasteiger partial charge in [-0.1, -0.05) is 26.0 Å². The Bertz CT molecular complexity index is 321. The van der Waals surface area contributed by atoms with E-state index in [0.29, 0.717) is 5.25 Å². The molecule has 2 nitrogen and oxygen atoms in total. The van der Waals surface area contributed by atoms with E-state index in [1.807, 2.05) is 31.2 Å². The molecule has 2 unspecified atom stereocenters. The lowest BCUT2D eigenvalue weighted by atomic mass is 10.2. The van der Waals surface area contributed by atoms with Gasteiger partial charge in [0.15, 0.2) is 0 Å². The van der Waals surface area contributed by atoms with E-state index < -0.39 is 10.8 Å². The normalized spacial score (nSPS) is 14.8. The van der Waals surface area contributed by atoms with Crippen LogP contribution in [-0.2, 0) is 17.2 Å². The number of aryl methyl sites for hydroxylation is 1. The van der Waals surface area contributed by atoms with Gasteiger partial charge in [-0.3, -0.25) is 4.21 Å². The van der Waals surface area contributed by atoms with E-state index in [4.69, 9.17) is 5.73 Å². The van der Waals surface area contributed by atoms with Crippen molar-refractivity contribution in [1.29, 1.82) is 0 Å². The zero-order chi connectivity index (χ0) is 11.3. The first-order valence-electron chi connectivity index (χ1n) is 5.35. The summed E-state index contributed by atoms with van der Waals surface area (Å²) in [7, 11) is -0.702. The van der Waals surface area contributed by atoms with Crippen molar-refractivity contribution in [3.8, 4) is 0 Å². The first-order valence-corrected chi connectivity index (χ1v) is 6.73. The Labute approximate surface area is 94.3 Å². The smallest absolute Gasteiger partial charge is 0.0317 e. The third kappa shape index (κ3) is 4.04. The van der Waals surface area contributed by atoms with Crippen molar-refractivity contribution in [2.45, 2.75) is 31.9 Å². The van der Waals surface area contributed by atoms with Gasteiger partial charge in [0.25, 0.3) is 0 Å². The van der Waals surface area contributed by atoms with Crippen LogP contribution in [0.15, 0.2) is 24.3 Å². The van der Waals surface area contributed by atoms with E-state index >= 15 is 0 Å². The Morgan fingerprint density at radius 3 is 2.47 bits per heavy atom. The summed E-state index contributed by atoms with van der Waals surface area (Å²) in [5.41, 5.74) is 7.58. The van der Waals surface area contributed by atoms with E-state index in [0.717, 1.165) is 24.3 Å². The van der Waals surface area contributed by atoms with Gasteiger partial charge in [0.1, 0.15) is 0 Å². The Hall–Kier alpha value is -0.830. The summed E-state index contributed by atoms with van der Waals surface area (Å²) in [5, 5.41) is 0.304. The topological polar surface area (TPSA) is 43.1 Å². The maximum absolute atomic E-state index is 11.7. The Morgan fingerprint density at radius 1 is 1.33 bits per heavy atom. The van der Waals surface area contributed by atoms with Crippen LogP contribution in [0.2, 0.25) is 0 Å². The molecule has 0 aliphatic carbocycles. The minimum atomic E-state index is -0.702. The van der Waals surface area contributed by atoms with Gasteiger partial charge in [0, 0.05) is 27.5 Å². The molecule has 0 radical (unpaired) electrons. The van der Waals surface area contributed by atoms with Crippen molar-refractivity contribution in [2.24, 2.45) is 0 Å². The lowest BCUT2D eigenvalue weighted by Gasteiger charge is -2.08. The third-order valence-electron chi connectivity index (χ3n) is 2.60. The Morgan fingerprint density at radius 2 is 1.93 bits per heavy atom. The molecule has 0 heterocycles. The molecule has 0 aliphatic rings. The highest BCUT2D eigenvalue weighted by Crippen LogP contribution is 2.08. The molecule has 1 aromatic carbocycles. The molecule has 0 saturated carbocycles. The molecule has 0 spiro atoms. The van der Waals surface area contributed by atoms with Crippen LogP contribution < -0.4 is 5.73 Å². The van der Waals surface area contributed by atoms with Crippen LogP contribution in [0, 0.1) is 0 Å². The average molecular weight is 225 g/mol. The monoisotopic (exact) mass is 225 g/mol. The highest BCUT2D eigenvalue weighted by Gasteiger charge is 2.08. The summed E-state index contributed by atoms with van der Waals surface area (Å²) in [6.45, 7) is 4.12. The quantitative estimate of drug-likeness (QED) is 0.782. The van der Waals surface area contributed by atoms with Crippen LogP contribution in [-0.4, -0.2) is 15.2 Å². The molecule has 0 fully saturated rings. The molecule has 0 aliphatic heterocycles. The van der Waals surface area contributed by atoms with Gasteiger partial charge in [0.05, 0.1) is 0 Å². The molecule has 2 N–H and O–H groups in total. The third-order valence-corrected chi connectivity index (χ3v) is 4.43. The second-order valence-electron chi connectivity index (χ2n) is 3.80. The summed E-state index contributed by atoms with van der Waals surface area (Å²) in [6.07, 6.45) is 1.85. The fraction of sp³-hybridized carbons (Fsp3) is 0.500. The van der Waals surface area contributed by atoms with E-state index in [-0.39, 0.29) is 0 Å². The first kappa shape index (κ1) is 12.2. The molecule has 1 aromatic rings. The second kappa shape index (κ2) is 5.91. The van der Waals surface area contributed by atoms with Crippen molar-refractivity contribution in [3.05, 3.63) is 29.8 Å². The number of hydrogen-bond acceptors (Lipinski definition) is 2. The fourth-order valence-corrected chi connectivity index (χ4v) is 2.50. The van der Waals surface area contributed by atoms with Crippen molar-refractivity contribution < 1.29 is 4.21 Å². The van der Waals surface area contributed by atoms with Crippen LogP contribution in [0.3, 0.4) is 0 Å². The van der Waals surface area contributed by atoms with Crippen LogP contribution >= 0.6 is 0 Å².